The first-order valence-corrected chi connectivity index (χ1v) is 6.49. The highest BCUT2D eigenvalue weighted by Crippen LogP contribution is 2.14. The summed E-state index contributed by atoms with van der Waals surface area (Å²) in [6.45, 7) is 1.63. The van der Waals surface area contributed by atoms with Crippen LogP contribution in [-0.4, -0.2) is 13.7 Å². The number of hydrogen-bond donors (Lipinski definition) is 1. The molecule has 0 aromatic heterocycles. The highest BCUT2D eigenvalue weighted by atomic mass is 32.2. The Morgan fingerprint density at radius 3 is 2.29 bits per heavy atom. The van der Waals surface area contributed by atoms with Gasteiger partial charge in [-0.1, -0.05) is 6.92 Å². The lowest BCUT2D eigenvalue weighted by Crippen LogP contribution is -2.25. The van der Waals surface area contributed by atoms with Gasteiger partial charge in [0.15, 0.2) is 5.25 Å². The first-order chi connectivity index (χ1) is 8.03. The van der Waals surface area contributed by atoms with Crippen molar-refractivity contribution < 1.29 is 8.42 Å². The third-order valence-electron chi connectivity index (χ3n) is 2.16. The molecule has 0 aliphatic heterocycles. The Hall–Kier alpha value is -2.05. The smallest absolute Gasteiger partial charge is 0.249 e. The van der Waals surface area contributed by atoms with Crippen LogP contribution in [0.5, 0.6) is 0 Å². The summed E-state index contributed by atoms with van der Waals surface area (Å²) in [6.07, 6.45) is 0.224. The lowest BCUT2D eigenvalue weighted by atomic mass is 10.2. The molecule has 6 heteroatoms. The number of nitrogens with one attached hydrogen (secondary N) is 1. The molecule has 0 spiro atoms. The topological polar surface area (TPSA) is 93.8 Å². The van der Waals surface area contributed by atoms with Crippen molar-refractivity contribution in [1.82, 2.24) is 0 Å². The summed E-state index contributed by atoms with van der Waals surface area (Å²) < 4.78 is 25.7. The van der Waals surface area contributed by atoms with Crippen LogP contribution in [0.1, 0.15) is 18.9 Å². The second-order valence-electron chi connectivity index (χ2n) is 3.36. The number of nitriles is 2. The quantitative estimate of drug-likeness (QED) is 0.876. The molecule has 0 amide bonds. The van der Waals surface area contributed by atoms with E-state index in [-0.39, 0.29) is 6.42 Å². The molecule has 0 heterocycles. The molecule has 0 aliphatic rings. The van der Waals surface area contributed by atoms with Crippen molar-refractivity contribution in [3.05, 3.63) is 29.8 Å². The zero-order chi connectivity index (χ0) is 12.9. The molecule has 5 nitrogen and oxygen atoms in total. The van der Waals surface area contributed by atoms with Crippen molar-refractivity contribution >= 4 is 15.7 Å². The van der Waals surface area contributed by atoms with Crippen molar-refractivity contribution in [3.63, 3.8) is 0 Å². The van der Waals surface area contributed by atoms with Gasteiger partial charge in [0.25, 0.3) is 0 Å². The van der Waals surface area contributed by atoms with E-state index in [0.717, 1.165) is 0 Å². The molecular weight excluding hydrogens is 238 g/mol. The van der Waals surface area contributed by atoms with Crippen molar-refractivity contribution in [2.24, 2.45) is 0 Å². The van der Waals surface area contributed by atoms with Gasteiger partial charge in [0.2, 0.25) is 10.0 Å². The fourth-order valence-corrected chi connectivity index (χ4v) is 2.41. The zero-order valence-electron chi connectivity index (χ0n) is 9.21. The SMILES string of the molecule is CC[C@@H](C#N)S(=O)(=O)Nc1ccc(C#N)cc1. The van der Waals surface area contributed by atoms with Crippen molar-refractivity contribution in [2.45, 2.75) is 18.6 Å². The maximum Gasteiger partial charge on any atom is 0.249 e. The molecule has 1 rings (SSSR count). The van der Waals surface area contributed by atoms with Crippen LogP contribution in [0.4, 0.5) is 5.69 Å². The fourth-order valence-electron chi connectivity index (χ4n) is 1.23. The standard InChI is InChI=1S/C11H11N3O2S/c1-2-11(8-13)17(15,16)14-10-5-3-9(7-12)4-6-10/h3-6,11,14H,2H2,1H3/t11-/m0/s1. The Kier molecular flexibility index (Phi) is 4.08. The molecule has 0 radical (unpaired) electrons. The molecule has 1 aromatic carbocycles. The highest BCUT2D eigenvalue weighted by molar-refractivity contribution is 7.93. The molecule has 1 aromatic rings. The largest absolute Gasteiger partial charge is 0.282 e. The normalized spacial score (nSPS) is 12.2. The van der Waals surface area contributed by atoms with Gasteiger partial charge in [-0.2, -0.15) is 10.5 Å². The zero-order valence-corrected chi connectivity index (χ0v) is 10.0. The predicted octanol–water partition coefficient (Wildman–Crippen LogP) is 1.60. The van der Waals surface area contributed by atoms with E-state index in [1.54, 1.807) is 13.0 Å². The van der Waals surface area contributed by atoms with Gasteiger partial charge in [0, 0.05) is 5.69 Å². The van der Waals surface area contributed by atoms with Crippen molar-refractivity contribution in [3.8, 4) is 12.1 Å². The van der Waals surface area contributed by atoms with Gasteiger partial charge in [-0.05, 0) is 30.7 Å². The molecule has 0 bridgehead atoms. The second kappa shape index (κ2) is 5.33. The van der Waals surface area contributed by atoms with E-state index in [0.29, 0.717) is 11.3 Å². The number of rotatable bonds is 4. The van der Waals surface area contributed by atoms with E-state index in [9.17, 15) is 8.42 Å². The second-order valence-corrected chi connectivity index (χ2v) is 5.23. The summed E-state index contributed by atoms with van der Waals surface area (Å²) in [6, 6.07) is 9.65. The van der Waals surface area contributed by atoms with Crippen LogP contribution in [0.3, 0.4) is 0 Å². The maximum atomic E-state index is 11.7. The van der Waals surface area contributed by atoms with Crippen LogP contribution in [0.2, 0.25) is 0 Å². The Balaban J connectivity index is 2.92. The van der Waals surface area contributed by atoms with Crippen LogP contribution in [0.15, 0.2) is 24.3 Å². The van der Waals surface area contributed by atoms with Crippen LogP contribution in [0, 0.1) is 22.7 Å². The number of benzene rings is 1. The van der Waals surface area contributed by atoms with Crippen LogP contribution in [0.25, 0.3) is 0 Å². The van der Waals surface area contributed by atoms with Gasteiger partial charge in [-0.3, -0.25) is 4.72 Å². The third kappa shape index (κ3) is 3.20. The van der Waals surface area contributed by atoms with Crippen LogP contribution >= 0.6 is 0 Å². The Bertz CT molecular complexity index is 564. The number of anilines is 1. The maximum absolute atomic E-state index is 11.7. The molecule has 1 N–H and O–H groups in total. The number of nitrogens with zero attached hydrogens (tertiary/aromatic N) is 2. The molecule has 17 heavy (non-hydrogen) atoms. The van der Waals surface area contributed by atoms with Gasteiger partial charge in [-0.15, -0.1) is 0 Å². The minimum atomic E-state index is -3.69. The third-order valence-corrected chi connectivity index (χ3v) is 3.87. The Morgan fingerprint density at radius 2 is 1.88 bits per heavy atom. The average Bonchev–Trinajstić information content (AvgIpc) is 2.30. The first kappa shape index (κ1) is 13.0. The van der Waals surface area contributed by atoms with Gasteiger partial charge in [-0.25, -0.2) is 8.42 Å². The molecular formula is C11H11N3O2S. The lowest BCUT2D eigenvalue weighted by molar-refractivity contribution is 0.593. The van der Waals surface area contributed by atoms with Gasteiger partial charge >= 0.3 is 0 Å². The summed E-state index contributed by atoms with van der Waals surface area (Å²) in [7, 11) is -3.69. The van der Waals surface area contributed by atoms with Gasteiger partial charge in [0.1, 0.15) is 0 Å². The highest BCUT2D eigenvalue weighted by Gasteiger charge is 2.23. The Morgan fingerprint density at radius 1 is 1.29 bits per heavy atom. The molecule has 1 atom stereocenters. The minimum Gasteiger partial charge on any atom is -0.282 e. The summed E-state index contributed by atoms with van der Waals surface area (Å²) in [5.41, 5.74) is 0.790. The molecule has 0 aliphatic carbocycles. The number of sulfonamides is 1. The van der Waals surface area contributed by atoms with Crippen molar-refractivity contribution in [2.75, 3.05) is 4.72 Å². The monoisotopic (exact) mass is 249 g/mol. The summed E-state index contributed by atoms with van der Waals surface area (Å²) >= 11 is 0. The fraction of sp³-hybridized carbons (Fsp3) is 0.273. The van der Waals surface area contributed by atoms with E-state index in [1.165, 1.54) is 24.3 Å². The Labute approximate surface area is 100 Å². The van der Waals surface area contributed by atoms with E-state index < -0.39 is 15.3 Å². The van der Waals surface area contributed by atoms with E-state index in [1.807, 2.05) is 6.07 Å². The molecule has 88 valence electrons. The van der Waals surface area contributed by atoms with Crippen molar-refractivity contribution in [1.29, 1.82) is 10.5 Å². The molecule has 0 saturated heterocycles. The van der Waals surface area contributed by atoms with Crippen LogP contribution in [-0.2, 0) is 10.0 Å². The van der Waals surface area contributed by atoms with E-state index >= 15 is 0 Å². The van der Waals surface area contributed by atoms with Gasteiger partial charge in [0.05, 0.1) is 17.7 Å². The lowest BCUT2D eigenvalue weighted by Gasteiger charge is -2.10. The number of hydrogen-bond acceptors (Lipinski definition) is 4. The summed E-state index contributed by atoms with van der Waals surface area (Å²) in [4.78, 5) is 0. The molecule has 0 fully saturated rings. The molecule has 0 unspecified atom stereocenters. The molecule has 0 saturated carbocycles. The summed E-state index contributed by atoms with van der Waals surface area (Å²) in [5, 5.41) is 16.2. The predicted molar refractivity (Wildman–Crippen MR) is 63.4 cm³/mol. The first-order valence-electron chi connectivity index (χ1n) is 4.95. The van der Waals surface area contributed by atoms with E-state index in [4.69, 9.17) is 10.5 Å². The summed E-state index contributed by atoms with van der Waals surface area (Å²) in [5.74, 6) is 0. The minimum absolute atomic E-state index is 0.224. The van der Waals surface area contributed by atoms with E-state index in [2.05, 4.69) is 4.72 Å². The average molecular weight is 249 g/mol. The van der Waals surface area contributed by atoms with Gasteiger partial charge < -0.3 is 0 Å². The van der Waals surface area contributed by atoms with Crippen LogP contribution < -0.4 is 4.72 Å².